The fourth-order valence-electron chi connectivity index (χ4n) is 3.61. The number of rotatable bonds is 7. The molecule has 3 aromatic carbocycles. The number of aromatic nitrogens is 2. The van der Waals surface area contributed by atoms with E-state index in [4.69, 9.17) is 14.5 Å². The molecular weight excluding hydrogens is 432 g/mol. The molecule has 0 aliphatic carbocycles. The van der Waals surface area contributed by atoms with E-state index in [-0.39, 0.29) is 5.56 Å². The molecule has 0 fully saturated rings. The minimum Gasteiger partial charge on any atom is -0.493 e. The van der Waals surface area contributed by atoms with Crippen molar-refractivity contribution in [2.45, 2.75) is 13.0 Å². The Bertz CT molecular complexity index is 1410. The first-order valence-corrected chi connectivity index (χ1v) is 10.6. The molecule has 172 valence electrons. The van der Waals surface area contributed by atoms with Crippen LogP contribution < -0.4 is 20.5 Å². The molecule has 1 amide bonds. The van der Waals surface area contributed by atoms with Gasteiger partial charge >= 0.3 is 0 Å². The highest BCUT2D eigenvalue weighted by molar-refractivity contribution is 5.86. The van der Waals surface area contributed by atoms with Crippen molar-refractivity contribution < 1.29 is 14.3 Å². The smallest absolute Gasteiger partial charge is 0.263 e. The van der Waals surface area contributed by atoms with Crippen molar-refractivity contribution in [1.82, 2.24) is 15.0 Å². The predicted octanol–water partition coefficient (Wildman–Crippen LogP) is 3.79. The van der Waals surface area contributed by atoms with Crippen LogP contribution in [-0.2, 0) is 4.79 Å². The fourth-order valence-corrected chi connectivity index (χ4v) is 3.61. The van der Waals surface area contributed by atoms with E-state index in [9.17, 15) is 9.59 Å². The first-order valence-electron chi connectivity index (χ1n) is 10.6. The van der Waals surface area contributed by atoms with E-state index < -0.39 is 11.9 Å². The molecule has 0 saturated carbocycles. The zero-order valence-electron chi connectivity index (χ0n) is 19.1. The number of fused-ring (bicyclic) bond motifs is 1. The van der Waals surface area contributed by atoms with Gasteiger partial charge in [0, 0.05) is 5.56 Å². The molecule has 4 rings (SSSR count). The van der Waals surface area contributed by atoms with Crippen LogP contribution in [0.25, 0.3) is 22.3 Å². The maximum absolute atomic E-state index is 13.4. The van der Waals surface area contributed by atoms with Gasteiger partial charge in [0.25, 0.3) is 11.5 Å². The minimum absolute atomic E-state index is 0.295. The van der Waals surface area contributed by atoms with E-state index >= 15 is 0 Å². The summed E-state index contributed by atoms with van der Waals surface area (Å²) in [6, 6.07) is 20.8. The van der Waals surface area contributed by atoms with Crippen molar-refractivity contribution in [3.63, 3.8) is 0 Å². The van der Waals surface area contributed by atoms with E-state index in [1.54, 1.807) is 57.5 Å². The summed E-state index contributed by atoms with van der Waals surface area (Å²) in [6.45, 7) is 1.64. The molecule has 34 heavy (non-hydrogen) atoms. The largest absolute Gasteiger partial charge is 0.493 e. The molecule has 0 spiro atoms. The molecule has 0 aliphatic heterocycles. The molecule has 1 atom stereocenters. The number of benzene rings is 3. The van der Waals surface area contributed by atoms with Crippen molar-refractivity contribution in [1.29, 1.82) is 0 Å². The number of para-hydroxylation sites is 1. The molecule has 0 bridgehead atoms. The van der Waals surface area contributed by atoms with E-state index in [0.717, 1.165) is 5.56 Å². The van der Waals surface area contributed by atoms with Gasteiger partial charge in [-0.2, -0.15) is 5.10 Å². The summed E-state index contributed by atoms with van der Waals surface area (Å²) in [5.41, 5.74) is 4.24. The van der Waals surface area contributed by atoms with E-state index in [0.29, 0.717) is 33.8 Å². The van der Waals surface area contributed by atoms with Crippen LogP contribution >= 0.6 is 0 Å². The summed E-state index contributed by atoms with van der Waals surface area (Å²) in [5, 5.41) is 4.50. The van der Waals surface area contributed by atoms with Gasteiger partial charge in [0.15, 0.2) is 11.5 Å². The van der Waals surface area contributed by atoms with Gasteiger partial charge in [-0.1, -0.05) is 42.5 Å². The topological polar surface area (TPSA) is 94.8 Å². The average Bonchev–Trinajstić information content (AvgIpc) is 2.88. The molecule has 8 nitrogen and oxygen atoms in total. The number of amides is 1. The second-order valence-corrected chi connectivity index (χ2v) is 7.52. The Balaban J connectivity index is 1.65. The standard InChI is InChI=1S/C26H24N4O4/c1-17(25(31)29-27-16-18-13-14-22(33-2)23(15-18)34-3)30-24(19-9-5-4-6-10-19)28-21-12-8-7-11-20(21)26(30)32/h4-17H,1-3H3,(H,29,31)/t17-/m0/s1. The molecule has 0 radical (unpaired) electrons. The van der Waals surface area contributed by atoms with Crippen LogP contribution in [0.1, 0.15) is 18.5 Å². The number of hydrazone groups is 1. The van der Waals surface area contributed by atoms with Crippen LogP contribution in [0.15, 0.2) is 82.7 Å². The molecule has 4 aromatic rings. The third kappa shape index (κ3) is 4.52. The lowest BCUT2D eigenvalue weighted by Crippen LogP contribution is -2.35. The second kappa shape index (κ2) is 9.99. The molecule has 0 saturated heterocycles. The monoisotopic (exact) mass is 456 g/mol. The van der Waals surface area contributed by atoms with Crippen molar-refractivity contribution in [2.75, 3.05) is 14.2 Å². The average molecular weight is 457 g/mol. The summed E-state index contributed by atoms with van der Waals surface area (Å²) < 4.78 is 11.9. The Labute approximate surface area is 196 Å². The number of carbonyl (C=O) groups is 1. The molecular formula is C26H24N4O4. The van der Waals surface area contributed by atoms with E-state index in [1.165, 1.54) is 10.8 Å². The van der Waals surface area contributed by atoms with Gasteiger partial charge in [-0.3, -0.25) is 14.2 Å². The van der Waals surface area contributed by atoms with Crippen LogP contribution in [0.4, 0.5) is 0 Å². The van der Waals surface area contributed by atoms with E-state index in [2.05, 4.69) is 10.5 Å². The van der Waals surface area contributed by atoms with Gasteiger partial charge in [-0.15, -0.1) is 0 Å². The number of nitrogens with zero attached hydrogens (tertiary/aromatic N) is 3. The quantitative estimate of drug-likeness (QED) is 0.337. The maximum Gasteiger partial charge on any atom is 0.263 e. The number of ether oxygens (including phenoxy) is 2. The molecule has 0 aliphatic rings. The van der Waals surface area contributed by atoms with Crippen LogP contribution in [0.5, 0.6) is 11.5 Å². The highest BCUT2D eigenvalue weighted by Crippen LogP contribution is 2.27. The minimum atomic E-state index is -0.859. The Morgan fingerprint density at radius 3 is 2.44 bits per heavy atom. The van der Waals surface area contributed by atoms with Crippen LogP contribution in [0.2, 0.25) is 0 Å². The number of hydrogen-bond acceptors (Lipinski definition) is 6. The lowest BCUT2D eigenvalue weighted by Gasteiger charge is -2.18. The number of nitrogens with one attached hydrogen (secondary N) is 1. The lowest BCUT2D eigenvalue weighted by molar-refractivity contribution is -0.123. The van der Waals surface area contributed by atoms with Gasteiger partial charge in [0.05, 0.1) is 31.3 Å². The fraction of sp³-hybridized carbons (Fsp3) is 0.154. The number of carbonyl (C=O) groups excluding carboxylic acids is 1. The van der Waals surface area contributed by atoms with Crippen LogP contribution in [0.3, 0.4) is 0 Å². The summed E-state index contributed by atoms with van der Waals surface area (Å²) in [4.78, 5) is 31.0. The van der Waals surface area contributed by atoms with Crippen molar-refractivity contribution in [3.8, 4) is 22.9 Å². The first-order chi connectivity index (χ1) is 16.5. The van der Waals surface area contributed by atoms with Gasteiger partial charge in [-0.25, -0.2) is 10.4 Å². The molecule has 0 unspecified atom stereocenters. The summed E-state index contributed by atoms with van der Waals surface area (Å²) in [6.07, 6.45) is 1.49. The summed E-state index contributed by atoms with van der Waals surface area (Å²) in [5.74, 6) is 1.10. The SMILES string of the molecule is COc1ccc(C=NNC(=O)[C@H](C)n2c(-c3ccccc3)nc3ccccc3c2=O)cc1OC. The van der Waals surface area contributed by atoms with Gasteiger partial charge in [0.2, 0.25) is 0 Å². The van der Waals surface area contributed by atoms with Gasteiger partial charge < -0.3 is 9.47 Å². The van der Waals surface area contributed by atoms with Crippen molar-refractivity contribution >= 4 is 23.0 Å². The maximum atomic E-state index is 13.4. The third-order valence-corrected chi connectivity index (χ3v) is 5.40. The van der Waals surface area contributed by atoms with Crippen molar-refractivity contribution in [2.24, 2.45) is 5.10 Å². The first kappa shape index (κ1) is 22.7. The number of hydrogen-bond donors (Lipinski definition) is 1. The van der Waals surface area contributed by atoms with Gasteiger partial charge in [-0.05, 0) is 42.8 Å². The number of methoxy groups -OCH3 is 2. The van der Waals surface area contributed by atoms with Gasteiger partial charge in [0.1, 0.15) is 11.9 Å². The van der Waals surface area contributed by atoms with E-state index in [1.807, 2.05) is 36.4 Å². The highest BCUT2D eigenvalue weighted by Gasteiger charge is 2.22. The third-order valence-electron chi connectivity index (χ3n) is 5.40. The predicted molar refractivity (Wildman–Crippen MR) is 131 cm³/mol. The lowest BCUT2D eigenvalue weighted by atomic mass is 10.1. The second-order valence-electron chi connectivity index (χ2n) is 7.52. The molecule has 1 aromatic heterocycles. The zero-order valence-corrected chi connectivity index (χ0v) is 19.1. The molecule has 8 heteroatoms. The summed E-state index contributed by atoms with van der Waals surface area (Å²) in [7, 11) is 3.10. The molecule has 1 heterocycles. The Morgan fingerprint density at radius 2 is 1.71 bits per heavy atom. The highest BCUT2D eigenvalue weighted by atomic mass is 16.5. The normalized spacial score (nSPS) is 12.0. The Morgan fingerprint density at radius 1 is 1.00 bits per heavy atom. The van der Waals surface area contributed by atoms with Crippen LogP contribution in [0, 0.1) is 0 Å². The Kier molecular flexibility index (Phi) is 6.68. The Hall–Kier alpha value is -4.46. The van der Waals surface area contributed by atoms with Crippen LogP contribution in [-0.4, -0.2) is 35.9 Å². The zero-order chi connectivity index (χ0) is 24.1. The molecule has 1 N–H and O–H groups in total. The van der Waals surface area contributed by atoms with Crippen molar-refractivity contribution in [3.05, 3.63) is 88.7 Å². The summed E-state index contributed by atoms with van der Waals surface area (Å²) >= 11 is 0.